The summed E-state index contributed by atoms with van der Waals surface area (Å²) in [4.78, 5) is 29.7. The Kier molecular flexibility index (Phi) is 7.32. The normalized spacial score (nSPS) is 25.8. The van der Waals surface area contributed by atoms with Gasteiger partial charge in [0.25, 0.3) is 10.2 Å². The lowest BCUT2D eigenvalue weighted by Crippen LogP contribution is -2.42. The van der Waals surface area contributed by atoms with Gasteiger partial charge < -0.3 is 20.1 Å². The zero-order valence-electron chi connectivity index (χ0n) is 17.6. The molecule has 31 heavy (non-hydrogen) atoms. The molecule has 2 aliphatic rings. The van der Waals surface area contributed by atoms with Gasteiger partial charge >= 0.3 is 0 Å². The maximum atomic E-state index is 10.7. The van der Waals surface area contributed by atoms with E-state index in [2.05, 4.69) is 28.7 Å². The standard InChI is InChI=1S/C21H29N3O7/c1-15-9-16-5-6-21(7-8-22,18(10-15)11-16)17-3-2-4-19(12-17)29-13-20(31-24(27)28)14-30-23(25)26/h2-5,12,15,18,20H,6-11,13-14,22H2,1H3. The summed E-state index contributed by atoms with van der Waals surface area (Å²) in [6.07, 6.45) is 6.35. The molecule has 0 spiro atoms. The summed E-state index contributed by atoms with van der Waals surface area (Å²) in [6.45, 7) is 2.02. The average Bonchev–Trinajstić information content (AvgIpc) is 2.72. The van der Waals surface area contributed by atoms with Gasteiger partial charge in [0, 0.05) is 5.41 Å². The molecule has 1 fully saturated rings. The third kappa shape index (κ3) is 5.63. The summed E-state index contributed by atoms with van der Waals surface area (Å²) in [5, 5.41) is 19.0. The molecule has 1 aromatic rings. The molecular weight excluding hydrogens is 406 g/mol. The number of rotatable bonds is 11. The van der Waals surface area contributed by atoms with Crippen LogP contribution in [0.15, 0.2) is 35.9 Å². The van der Waals surface area contributed by atoms with Crippen LogP contribution in [-0.4, -0.2) is 36.0 Å². The third-order valence-electron chi connectivity index (χ3n) is 6.38. The highest BCUT2D eigenvalue weighted by atomic mass is 17.0. The average molecular weight is 435 g/mol. The Morgan fingerprint density at radius 3 is 2.74 bits per heavy atom. The number of allylic oxidation sites excluding steroid dienone is 2. The molecule has 0 amide bonds. The van der Waals surface area contributed by atoms with E-state index in [4.69, 9.17) is 10.5 Å². The van der Waals surface area contributed by atoms with Crippen LogP contribution in [0.2, 0.25) is 0 Å². The highest BCUT2D eigenvalue weighted by Gasteiger charge is 2.44. The minimum atomic E-state index is -1.22. The van der Waals surface area contributed by atoms with Gasteiger partial charge in [-0.25, -0.2) is 0 Å². The molecule has 0 aliphatic heterocycles. The van der Waals surface area contributed by atoms with Crippen LogP contribution in [0, 0.1) is 32.1 Å². The van der Waals surface area contributed by atoms with Crippen molar-refractivity contribution in [3.05, 3.63) is 61.7 Å². The second kappa shape index (κ2) is 9.95. The molecule has 1 aromatic carbocycles. The molecule has 0 radical (unpaired) electrons. The molecular formula is C21H29N3O7. The summed E-state index contributed by atoms with van der Waals surface area (Å²) < 4.78 is 5.70. The first-order valence-corrected chi connectivity index (χ1v) is 10.5. The molecule has 0 heterocycles. The molecule has 170 valence electrons. The van der Waals surface area contributed by atoms with Crippen molar-refractivity contribution in [1.82, 2.24) is 0 Å². The van der Waals surface area contributed by atoms with Gasteiger partial charge in [0.2, 0.25) is 0 Å². The first-order valence-electron chi connectivity index (χ1n) is 10.5. The zero-order valence-corrected chi connectivity index (χ0v) is 17.6. The molecule has 4 atom stereocenters. The van der Waals surface area contributed by atoms with Gasteiger partial charge in [-0.2, -0.15) is 0 Å². The Morgan fingerprint density at radius 1 is 1.23 bits per heavy atom. The molecule has 10 nitrogen and oxygen atoms in total. The number of nitrogens with zero attached hydrogens (tertiary/aromatic N) is 2. The zero-order chi connectivity index (χ0) is 22.4. The third-order valence-corrected chi connectivity index (χ3v) is 6.38. The van der Waals surface area contributed by atoms with Crippen LogP contribution in [0.1, 0.15) is 44.6 Å². The predicted octanol–water partition coefficient (Wildman–Crippen LogP) is 3.20. The molecule has 4 unspecified atom stereocenters. The van der Waals surface area contributed by atoms with Crippen LogP contribution in [-0.2, 0) is 15.1 Å². The van der Waals surface area contributed by atoms with Crippen molar-refractivity contribution in [2.45, 2.75) is 50.5 Å². The fraction of sp³-hybridized carbons (Fsp3) is 0.619. The van der Waals surface area contributed by atoms with Crippen molar-refractivity contribution < 1.29 is 24.6 Å². The first-order chi connectivity index (χ1) is 14.8. The van der Waals surface area contributed by atoms with Gasteiger partial charge in [-0.05, 0) is 68.2 Å². The summed E-state index contributed by atoms with van der Waals surface area (Å²) in [5.74, 6) is 1.67. The Morgan fingerprint density at radius 2 is 2.03 bits per heavy atom. The van der Waals surface area contributed by atoms with Crippen LogP contribution in [0.4, 0.5) is 0 Å². The summed E-state index contributed by atoms with van der Waals surface area (Å²) in [5.41, 5.74) is 8.63. The minimum Gasteiger partial charge on any atom is -0.491 e. The van der Waals surface area contributed by atoms with Crippen LogP contribution in [0.25, 0.3) is 0 Å². The number of ether oxygens (including phenoxy) is 1. The Labute approximate surface area is 180 Å². The highest BCUT2D eigenvalue weighted by molar-refractivity contribution is 5.38. The molecule has 2 bridgehead atoms. The largest absolute Gasteiger partial charge is 0.491 e. The maximum absolute atomic E-state index is 10.7. The number of hydrogen-bond acceptors (Lipinski definition) is 8. The van der Waals surface area contributed by atoms with E-state index in [0.717, 1.165) is 31.2 Å². The van der Waals surface area contributed by atoms with Crippen molar-refractivity contribution in [3.63, 3.8) is 0 Å². The van der Waals surface area contributed by atoms with E-state index < -0.39 is 22.9 Å². The van der Waals surface area contributed by atoms with E-state index in [1.54, 1.807) is 6.07 Å². The lowest BCUT2D eigenvalue weighted by atomic mass is 9.56. The molecule has 0 saturated heterocycles. The minimum absolute atomic E-state index is 0.0717. The lowest BCUT2D eigenvalue weighted by Gasteiger charge is -2.48. The van der Waals surface area contributed by atoms with E-state index in [9.17, 15) is 20.2 Å². The smallest absolute Gasteiger partial charge is 0.294 e. The van der Waals surface area contributed by atoms with Crippen molar-refractivity contribution in [2.75, 3.05) is 19.8 Å². The Hall–Kier alpha value is -2.88. The van der Waals surface area contributed by atoms with E-state index in [-0.39, 0.29) is 12.0 Å². The molecule has 2 aliphatic carbocycles. The van der Waals surface area contributed by atoms with E-state index in [1.165, 1.54) is 12.0 Å². The fourth-order valence-corrected chi connectivity index (χ4v) is 5.10. The number of hydrogen-bond donors (Lipinski definition) is 1. The van der Waals surface area contributed by atoms with Crippen LogP contribution in [0.5, 0.6) is 5.75 Å². The lowest BCUT2D eigenvalue weighted by molar-refractivity contribution is -0.790. The van der Waals surface area contributed by atoms with Gasteiger partial charge in [-0.3, -0.25) is 0 Å². The maximum Gasteiger partial charge on any atom is 0.294 e. The van der Waals surface area contributed by atoms with Crippen molar-refractivity contribution in [2.24, 2.45) is 17.6 Å². The molecule has 10 heteroatoms. The monoisotopic (exact) mass is 435 g/mol. The van der Waals surface area contributed by atoms with E-state index in [1.807, 2.05) is 12.1 Å². The van der Waals surface area contributed by atoms with Gasteiger partial charge in [-0.15, -0.1) is 20.2 Å². The fourth-order valence-electron chi connectivity index (χ4n) is 5.10. The van der Waals surface area contributed by atoms with Crippen LogP contribution < -0.4 is 10.5 Å². The SMILES string of the molecule is CC1CC2=CCC(CCN)(c3cccc(OCC(CO[N+](=O)[O-])O[N+](=O)[O-])c3)C(C2)C1. The van der Waals surface area contributed by atoms with Crippen LogP contribution >= 0.6 is 0 Å². The van der Waals surface area contributed by atoms with E-state index >= 15 is 0 Å². The summed E-state index contributed by atoms with van der Waals surface area (Å²) >= 11 is 0. The van der Waals surface area contributed by atoms with Crippen molar-refractivity contribution in [1.29, 1.82) is 0 Å². The van der Waals surface area contributed by atoms with Crippen LogP contribution in [0.3, 0.4) is 0 Å². The van der Waals surface area contributed by atoms with E-state index in [0.29, 0.717) is 24.1 Å². The van der Waals surface area contributed by atoms with Crippen molar-refractivity contribution >= 4 is 0 Å². The number of nitrogens with two attached hydrogens (primary N) is 1. The number of fused-ring (bicyclic) bond motifs is 2. The molecule has 0 aromatic heterocycles. The summed E-state index contributed by atoms with van der Waals surface area (Å²) in [6, 6.07) is 7.68. The Bertz CT molecular complexity index is 831. The number of benzene rings is 1. The Balaban J connectivity index is 1.77. The topological polar surface area (TPSA) is 140 Å². The van der Waals surface area contributed by atoms with Gasteiger partial charge in [0.1, 0.15) is 19.0 Å². The van der Waals surface area contributed by atoms with Gasteiger partial charge in [0.15, 0.2) is 6.10 Å². The quantitative estimate of drug-likeness (QED) is 0.317. The molecule has 3 rings (SSSR count). The van der Waals surface area contributed by atoms with Gasteiger partial charge in [-0.1, -0.05) is 30.7 Å². The molecule has 1 saturated carbocycles. The van der Waals surface area contributed by atoms with Gasteiger partial charge in [0.05, 0.1) is 0 Å². The predicted molar refractivity (Wildman–Crippen MR) is 111 cm³/mol. The highest BCUT2D eigenvalue weighted by Crippen LogP contribution is 2.52. The summed E-state index contributed by atoms with van der Waals surface area (Å²) in [7, 11) is 0. The second-order valence-electron chi connectivity index (χ2n) is 8.52. The second-order valence-corrected chi connectivity index (χ2v) is 8.52. The first kappa shape index (κ1) is 22.8. The van der Waals surface area contributed by atoms with Crippen molar-refractivity contribution in [3.8, 4) is 5.75 Å². The molecule has 2 N–H and O–H groups in total.